The Kier molecular flexibility index (Phi) is 7.24. The fraction of sp³-hybridized carbons (Fsp3) is 0.367. The molecule has 37 heavy (non-hydrogen) atoms. The molecule has 192 valence electrons. The number of ether oxygens (including phenoxy) is 1. The molecule has 3 heterocycles. The molecule has 0 spiro atoms. The molecular formula is C30H34N4O3. The highest BCUT2D eigenvalue weighted by Crippen LogP contribution is 2.41. The Morgan fingerprint density at radius 2 is 1.68 bits per heavy atom. The molecule has 1 saturated heterocycles. The van der Waals surface area contributed by atoms with Gasteiger partial charge in [-0.3, -0.25) is 19.6 Å². The molecule has 1 fully saturated rings. The van der Waals surface area contributed by atoms with E-state index in [1.165, 1.54) is 0 Å². The fourth-order valence-corrected chi connectivity index (χ4v) is 5.54. The van der Waals surface area contributed by atoms with Gasteiger partial charge in [-0.2, -0.15) is 0 Å². The summed E-state index contributed by atoms with van der Waals surface area (Å²) in [6.07, 6.45) is 2.56. The SMILES string of the molecule is CCOC(=O)c1ccc(N2CCN(CCC3c4cccnc4C(=O)N3c3c(C)cccc3C)CC2)cc1. The number of amides is 1. The molecular weight excluding hydrogens is 464 g/mol. The molecule has 5 rings (SSSR count). The zero-order chi connectivity index (χ0) is 25.9. The Labute approximate surface area is 218 Å². The number of piperazine rings is 1. The van der Waals surface area contributed by atoms with E-state index in [0.29, 0.717) is 17.9 Å². The Hall–Kier alpha value is -3.71. The molecule has 2 aliphatic rings. The Bertz CT molecular complexity index is 1260. The van der Waals surface area contributed by atoms with Gasteiger partial charge in [0.2, 0.25) is 0 Å². The first-order chi connectivity index (χ1) is 18.0. The fourth-order valence-electron chi connectivity index (χ4n) is 5.54. The van der Waals surface area contributed by atoms with Gasteiger partial charge in [0, 0.05) is 50.2 Å². The highest BCUT2D eigenvalue weighted by molar-refractivity contribution is 6.10. The third-order valence-corrected chi connectivity index (χ3v) is 7.45. The van der Waals surface area contributed by atoms with Gasteiger partial charge in [0.05, 0.1) is 23.9 Å². The molecule has 2 aliphatic heterocycles. The predicted molar refractivity (Wildman–Crippen MR) is 145 cm³/mol. The number of esters is 1. The minimum absolute atomic E-state index is 0.00548. The van der Waals surface area contributed by atoms with Crippen molar-refractivity contribution in [1.82, 2.24) is 9.88 Å². The van der Waals surface area contributed by atoms with Gasteiger partial charge in [0.1, 0.15) is 5.69 Å². The summed E-state index contributed by atoms with van der Waals surface area (Å²) in [7, 11) is 0. The number of hydrogen-bond acceptors (Lipinski definition) is 6. The monoisotopic (exact) mass is 498 g/mol. The minimum Gasteiger partial charge on any atom is -0.462 e. The van der Waals surface area contributed by atoms with Gasteiger partial charge >= 0.3 is 5.97 Å². The van der Waals surface area contributed by atoms with Crippen molar-refractivity contribution in [3.8, 4) is 0 Å². The van der Waals surface area contributed by atoms with E-state index < -0.39 is 0 Å². The first-order valence-corrected chi connectivity index (χ1v) is 13.1. The summed E-state index contributed by atoms with van der Waals surface area (Å²) in [5.41, 5.74) is 6.52. The molecule has 0 bridgehead atoms. The van der Waals surface area contributed by atoms with Crippen LogP contribution in [-0.4, -0.2) is 61.1 Å². The second kappa shape index (κ2) is 10.7. The molecule has 1 aromatic heterocycles. The lowest BCUT2D eigenvalue weighted by Gasteiger charge is -2.37. The summed E-state index contributed by atoms with van der Waals surface area (Å²) in [5.74, 6) is -0.287. The number of aryl methyl sites for hydroxylation is 2. The number of carbonyl (C=O) groups is 2. The van der Waals surface area contributed by atoms with Crippen molar-refractivity contribution in [3.63, 3.8) is 0 Å². The van der Waals surface area contributed by atoms with E-state index in [1.54, 1.807) is 6.20 Å². The molecule has 0 aliphatic carbocycles. The van der Waals surface area contributed by atoms with Gasteiger partial charge in [-0.15, -0.1) is 0 Å². The summed E-state index contributed by atoms with van der Waals surface area (Å²) in [6.45, 7) is 11.0. The van der Waals surface area contributed by atoms with Crippen molar-refractivity contribution in [2.75, 3.05) is 49.1 Å². The number of hydrogen-bond donors (Lipinski definition) is 0. The largest absolute Gasteiger partial charge is 0.462 e. The van der Waals surface area contributed by atoms with Gasteiger partial charge in [-0.1, -0.05) is 24.3 Å². The summed E-state index contributed by atoms with van der Waals surface area (Å²) in [6, 6.07) is 17.8. The van der Waals surface area contributed by atoms with E-state index >= 15 is 0 Å². The Morgan fingerprint density at radius 3 is 2.35 bits per heavy atom. The van der Waals surface area contributed by atoms with Crippen LogP contribution in [0.15, 0.2) is 60.8 Å². The van der Waals surface area contributed by atoms with Crippen LogP contribution in [0.3, 0.4) is 0 Å². The average molecular weight is 499 g/mol. The van der Waals surface area contributed by atoms with Crippen molar-refractivity contribution in [3.05, 3.63) is 88.7 Å². The highest BCUT2D eigenvalue weighted by Gasteiger charge is 2.39. The van der Waals surface area contributed by atoms with Crippen LogP contribution in [-0.2, 0) is 4.74 Å². The molecule has 7 nitrogen and oxygen atoms in total. The van der Waals surface area contributed by atoms with Crippen molar-refractivity contribution in [2.45, 2.75) is 33.2 Å². The number of nitrogens with zero attached hydrogens (tertiary/aromatic N) is 4. The maximum Gasteiger partial charge on any atom is 0.338 e. The number of pyridine rings is 1. The molecule has 0 radical (unpaired) electrons. The van der Waals surface area contributed by atoms with Crippen LogP contribution in [0.4, 0.5) is 11.4 Å². The number of carbonyl (C=O) groups excluding carboxylic acids is 2. The molecule has 0 N–H and O–H groups in total. The van der Waals surface area contributed by atoms with Crippen LogP contribution < -0.4 is 9.80 Å². The molecule has 1 unspecified atom stereocenters. The van der Waals surface area contributed by atoms with Crippen LogP contribution in [0, 0.1) is 13.8 Å². The van der Waals surface area contributed by atoms with Crippen molar-refractivity contribution >= 4 is 23.3 Å². The summed E-state index contributed by atoms with van der Waals surface area (Å²) < 4.78 is 5.09. The lowest BCUT2D eigenvalue weighted by Crippen LogP contribution is -2.47. The molecule has 7 heteroatoms. The second-order valence-corrected chi connectivity index (χ2v) is 9.76. The average Bonchev–Trinajstić information content (AvgIpc) is 3.19. The van der Waals surface area contributed by atoms with Gasteiger partial charge < -0.3 is 9.64 Å². The zero-order valence-electron chi connectivity index (χ0n) is 21.8. The number of rotatable bonds is 7. The quantitative estimate of drug-likeness (QED) is 0.437. The predicted octanol–water partition coefficient (Wildman–Crippen LogP) is 4.79. The van der Waals surface area contributed by atoms with E-state index in [9.17, 15) is 9.59 Å². The maximum absolute atomic E-state index is 13.5. The molecule has 2 aromatic carbocycles. The van der Waals surface area contributed by atoms with Crippen LogP contribution >= 0.6 is 0 Å². The smallest absolute Gasteiger partial charge is 0.338 e. The van der Waals surface area contributed by atoms with Crippen molar-refractivity contribution in [1.29, 1.82) is 0 Å². The van der Waals surface area contributed by atoms with Gasteiger partial charge in [0.15, 0.2) is 0 Å². The first kappa shape index (κ1) is 25.0. The van der Waals surface area contributed by atoms with Crippen LogP contribution in [0.25, 0.3) is 0 Å². The third-order valence-electron chi connectivity index (χ3n) is 7.45. The number of anilines is 2. The number of fused-ring (bicyclic) bond motifs is 1. The van der Waals surface area contributed by atoms with E-state index in [4.69, 9.17) is 4.74 Å². The van der Waals surface area contributed by atoms with Gasteiger partial charge in [0.25, 0.3) is 5.91 Å². The van der Waals surface area contributed by atoms with Crippen LogP contribution in [0.2, 0.25) is 0 Å². The van der Waals surface area contributed by atoms with E-state index in [2.05, 4.69) is 46.8 Å². The van der Waals surface area contributed by atoms with Crippen molar-refractivity contribution < 1.29 is 14.3 Å². The lowest BCUT2D eigenvalue weighted by molar-refractivity contribution is 0.0526. The van der Waals surface area contributed by atoms with Gasteiger partial charge in [-0.25, -0.2) is 4.79 Å². The summed E-state index contributed by atoms with van der Waals surface area (Å²) in [4.78, 5) is 36.7. The number of aromatic nitrogens is 1. The topological polar surface area (TPSA) is 66.0 Å². The highest BCUT2D eigenvalue weighted by atomic mass is 16.5. The number of para-hydroxylation sites is 1. The van der Waals surface area contributed by atoms with E-state index in [1.807, 2.05) is 48.2 Å². The van der Waals surface area contributed by atoms with E-state index in [-0.39, 0.29) is 17.9 Å². The Balaban J connectivity index is 1.25. The minimum atomic E-state index is -0.282. The second-order valence-electron chi connectivity index (χ2n) is 9.76. The number of benzene rings is 2. The zero-order valence-corrected chi connectivity index (χ0v) is 21.8. The normalized spacial score (nSPS) is 17.7. The van der Waals surface area contributed by atoms with Gasteiger partial charge in [-0.05, 0) is 68.7 Å². The first-order valence-electron chi connectivity index (χ1n) is 13.1. The molecule has 0 saturated carbocycles. The Morgan fingerprint density at radius 1 is 0.973 bits per heavy atom. The molecule has 1 amide bonds. The summed E-state index contributed by atoms with van der Waals surface area (Å²) in [5, 5.41) is 0. The lowest BCUT2D eigenvalue weighted by atomic mass is 10.0. The summed E-state index contributed by atoms with van der Waals surface area (Å²) >= 11 is 0. The molecule has 1 atom stereocenters. The standard InChI is InChI=1S/C30H34N4O3/c1-4-37-30(36)23-10-12-24(13-11-23)33-19-17-32(18-20-33)16-14-26-25-9-6-15-31-27(25)29(35)34(26)28-21(2)7-5-8-22(28)3/h5-13,15,26H,4,14,16-20H2,1-3H3. The molecule has 3 aromatic rings. The van der Waals surface area contributed by atoms with Crippen molar-refractivity contribution in [2.24, 2.45) is 0 Å². The van der Waals surface area contributed by atoms with Crippen LogP contribution in [0.1, 0.15) is 56.9 Å². The maximum atomic E-state index is 13.5. The third kappa shape index (κ3) is 4.96. The van der Waals surface area contributed by atoms with Crippen LogP contribution in [0.5, 0.6) is 0 Å². The van der Waals surface area contributed by atoms with E-state index in [0.717, 1.165) is 67.2 Å².